The fraction of sp³-hybridized carbons (Fsp3) is 0.167. The maximum Gasteiger partial charge on any atom is 0.118 e. The molecule has 0 aliphatic carbocycles. The van der Waals surface area contributed by atoms with Gasteiger partial charge in [0, 0.05) is 29.3 Å². The Labute approximate surface area is 165 Å². The molecule has 0 spiro atoms. The molecule has 0 amide bonds. The fourth-order valence-corrected chi connectivity index (χ4v) is 3.65. The molecule has 4 N–H and O–H groups in total. The number of methoxy groups -OCH3 is 1. The molecule has 4 aromatic rings. The first-order chi connectivity index (χ1) is 13.7. The number of para-hydroxylation sites is 1. The molecule has 1 unspecified atom stereocenters. The zero-order valence-corrected chi connectivity index (χ0v) is 16.0. The topological polar surface area (TPSA) is 63.1 Å². The molecule has 0 aliphatic heterocycles. The van der Waals surface area contributed by atoms with E-state index in [1.54, 1.807) is 7.11 Å². The second kappa shape index (κ2) is 8.19. The molecule has 0 saturated carbocycles. The number of nitrogens with two attached hydrogens (primary N) is 1. The average Bonchev–Trinajstić information content (AvgIpc) is 3.14. The summed E-state index contributed by atoms with van der Waals surface area (Å²) in [5.74, 6) is 0.855. The van der Waals surface area contributed by atoms with E-state index in [2.05, 4.69) is 59.0 Å². The number of nitrogen functional groups attached to an aromatic ring is 1. The van der Waals surface area contributed by atoms with Gasteiger partial charge in [-0.1, -0.05) is 42.5 Å². The molecule has 1 aromatic heterocycles. The molecule has 1 heterocycles. The van der Waals surface area contributed by atoms with Gasteiger partial charge < -0.3 is 20.8 Å². The first-order valence-electron chi connectivity index (χ1n) is 9.52. The van der Waals surface area contributed by atoms with Crippen molar-refractivity contribution in [3.63, 3.8) is 0 Å². The molecule has 1 atom stereocenters. The van der Waals surface area contributed by atoms with Crippen LogP contribution in [0.4, 0.5) is 5.69 Å². The molecule has 0 bridgehead atoms. The third-order valence-corrected chi connectivity index (χ3v) is 5.11. The molecular weight excluding hydrogens is 346 g/mol. The van der Waals surface area contributed by atoms with Gasteiger partial charge in [-0.15, -0.1) is 0 Å². The van der Waals surface area contributed by atoms with Gasteiger partial charge in [-0.25, -0.2) is 0 Å². The highest BCUT2D eigenvalue weighted by atomic mass is 16.5. The maximum absolute atomic E-state index is 6.04. The maximum atomic E-state index is 6.04. The fourth-order valence-electron chi connectivity index (χ4n) is 3.65. The monoisotopic (exact) mass is 371 g/mol. The van der Waals surface area contributed by atoms with E-state index in [-0.39, 0.29) is 6.04 Å². The van der Waals surface area contributed by atoms with Crippen LogP contribution in [0.5, 0.6) is 5.75 Å². The van der Waals surface area contributed by atoms with Crippen molar-refractivity contribution in [1.29, 1.82) is 0 Å². The van der Waals surface area contributed by atoms with E-state index in [1.165, 1.54) is 22.0 Å². The minimum absolute atomic E-state index is 0.0691. The molecular formula is C24H25N3O. The van der Waals surface area contributed by atoms with Crippen LogP contribution in [-0.2, 0) is 6.42 Å². The van der Waals surface area contributed by atoms with Crippen molar-refractivity contribution in [2.24, 2.45) is 0 Å². The van der Waals surface area contributed by atoms with Gasteiger partial charge in [0.2, 0.25) is 0 Å². The lowest BCUT2D eigenvalue weighted by molar-refractivity contribution is 0.414. The van der Waals surface area contributed by atoms with Crippen LogP contribution in [0.2, 0.25) is 0 Å². The van der Waals surface area contributed by atoms with Crippen LogP contribution in [0.25, 0.3) is 10.9 Å². The van der Waals surface area contributed by atoms with E-state index >= 15 is 0 Å². The lowest BCUT2D eigenvalue weighted by Gasteiger charge is -2.20. The molecule has 0 radical (unpaired) electrons. The number of aromatic nitrogens is 1. The van der Waals surface area contributed by atoms with E-state index < -0.39 is 0 Å². The normalized spacial score (nSPS) is 12.2. The number of fused-ring (bicyclic) bond motifs is 1. The summed E-state index contributed by atoms with van der Waals surface area (Å²) in [4.78, 5) is 3.35. The van der Waals surface area contributed by atoms with Gasteiger partial charge in [0.1, 0.15) is 5.75 Å². The van der Waals surface area contributed by atoms with E-state index in [1.807, 2.05) is 30.3 Å². The molecule has 4 nitrogen and oxygen atoms in total. The highest BCUT2D eigenvalue weighted by molar-refractivity contribution is 5.83. The first kappa shape index (κ1) is 18.1. The summed E-state index contributed by atoms with van der Waals surface area (Å²) in [6.07, 6.45) is 3.05. The molecule has 4 heteroatoms. The number of ether oxygens (including phenoxy) is 1. The first-order valence-corrected chi connectivity index (χ1v) is 9.52. The quantitative estimate of drug-likeness (QED) is 0.413. The van der Waals surface area contributed by atoms with Gasteiger partial charge >= 0.3 is 0 Å². The number of nitrogens with one attached hydrogen (secondary N) is 2. The number of anilines is 1. The van der Waals surface area contributed by atoms with Gasteiger partial charge in [0.25, 0.3) is 0 Å². The highest BCUT2D eigenvalue weighted by Crippen LogP contribution is 2.26. The van der Waals surface area contributed by atoms with Crippen molar-refractivity contribution in [2.45, 2.75) is 12.5 Å². The number of hydrogen-bond donors (Lipinski definition) is 3. The summed E-state index contributed by atoms with van der Waals surface area (Å²) in [5.41, 5.74) is 11.7. The van der Waals surface area contributed by atoms with Gasteiger partial charge in [-0.05, 0) is 53.4 Å². The molecule has 0 saturated heterocycles. The number of benzene rings is 3. The van der Waals surface area contributed by atoms with Crippen molar-refractivity contribution in [3.05, 3.63) is 95.7 Å². The molecule has 3 aromatic carbocycles. The van der Waals surface area contributed by atoms with Crippen molar-refractivity contribution in [1.82, 2.24) is 10.3 Å². The minimum atomic E-state index is 0.0691. The summed E-state index contributed by atoms with van der Waals surface area (Å²) in [6.45, 7) is 0.855. The predicted octanol–water partition coefficient (Wildman–Crippen LogP) is 4.68. The van der Waals surface area contributed by atoms with Crippen LogP contribution in [0.3, 0.4) is 0 Å². The molecule has 28 heavy (non-hydrogen) atoms. The standard InChI is InChI=1S/C24H25N3O/c1-28-21-11-9-17(10-12-21)24(18-5-4-6-20(25)15-18)26-14-13-19-16-27-23-8-3-2-7-22(19)23/h2-12,15-16,24,26-27H,13-14,25H2,1H3. The third kappa shape index (κ3) is 3.87. The second-order valence-corrected chi connectivity index (χ2v) is 6.94. The lowest BCUT2D eigenvalue weighted by Crippen LogP contribution is -2.24. The van der Waals surface area contributed by atoms with Crippen molar-refractivity contribution >= 4 is 16.6 Å². The van der Waals surface area contributed by atoms with Crippen molar-refractivity contribution < 1.29 is 4.74 Å². The van der Waals surface area contributed by atoms with Gasteiger partial charge in [0.15, 0.2) is 0 Å². The Morgan fingerprint density at radius 3 is 2.57 bits per heavy atom. The van der Waals surface area contributed by atoms with E-state index in [4.69, 9.17) is 10.5 Å². The van der Waals surface area contributed by atoms with Crippen LogP contribution in [0.1, 0.15) is 22.7 Å². The summed E-state index contributed by atoms with van der Waals surface area (Å²) in [5, 5.41) is 5.00. The Balaban J connectivity index is 1.54. The smallest absolute Gasteiger partial charge is 0.118 e. The number of H-pyrrole nitrogens is 1. The lowest BCUT2D eigenvalue weighted by atomic mass is 9.97. The number of aromatic amines is 1. The molecule has 4 rings (SSSR count). The largest absolute Gasteiger partial charge is 0.497 e. The second-order valence-electron chi connectivity index (χ2n) is 6.94. The van der Waals surface area contributed by atoms with Crippen LogP contribution >= 0.6 is 0 Å². The van der Waals surface area contributed by atoms with Gasteiger partial charge in [-0.2, -0.15) is 0 Å². The van der Waals surface area contributed by atoms with Crippen LogP contribution in [0, 0.1) is 0 Å². The number of rotatable bonds is 7. The highest BCUT2D eigenvalue weighted by Gasteiger charge is 2.14. The van der Waals surface area contributed by atoms with Crippen LogP contribution < -0.4 is 15.8 Å². The van der Waals surface area contributed by atoms with E-state index in [9.17, 15) is 0 Å². The SMILES string of the molecule is COc1ccc(C(NCCc2c[nH]c3ccccc23)c2cccc(N)c2)cc1. The predicted molar refractivity (Wildman–Crippen MR) is 116 cm³/mol. The summed E-state index contributed by atoms with van der Waals surface area (Å²) in [6, 6.07) is 24.8. The Bertz CT molecular complexity index is 1050. The summed E-state index contributed by atoms with van der Waals surface area (Å²) in [7, 11) is 1.68. The van der Waals surface area contributed by atoms with Crippen LogP contribution in [0.15, 0.2) is 79.0 Å². The Morgan fingerprint density at radius 1 is 0.964 bits per heavy atom. The van der Waals surface area contributed by atoms with Gasteiger partial charge in [-0.3, -0.25) is 0 Å². The summed E-state index contributed by atoms with van der Waals surface area (Å²) >= 11 is 0. The minimum Gasteiger partial charge on any atom is -0.497 e. The van der Waals surface area contributed by atoms with E-state index in [0.717, 1.165) is 30.0 Å². The Kier molecular flexibility index (Phi) is 5.31. The van der Waals surface area contributed by atoms with E-state index in [0.29, 0.717) is 0 Å². The van der Waals surface area contributed by atoms with Crippen LogP contribution in [-0.4, -0.2) is 18.6 Å². The molecule has 0 aliphatic rings. The van der Waals surface area contributed by atoms with Gasteiger partial charge in [0.05, 0.1) is 13.2 Å². The molecule has 0 fully saturated rings. The van der Waals surface area contributed by atoms with Crippen molar-refractivity contribution in [2.75, 3.05) is 19.4 Å². The zero-order valence-electron chi connectivity index (χ0n) is 16.0. The average molecular weight is 371 g/mol. The third-order valence-electron chi connectivity index (χ3n) is 5.11. The Hall–Kier alpha value is -3.24. The Morgan fingerprint density at radius 2 is 1.79 bits per heavy atom. The number of hydrogen-bond acceptors (Lipinski definition) is 3. The zero-order chi connectivity index (χ0) is 19.3. The summed E-state index contributed by atoms with van der Waals surface area (Å²) < 4.78 is 5.30. The molecule has 142 valence electrons. The van der Waals surface area contributed by atoms with Crippen molar-refractivity contribution in [3.8, 4) is 5.75 Å².